The number of hydrogen-bond acceptors (Lipinski definition) is 5. The number of carbonyl (C=O) groups is 2. The molecule has 2 amide bonds. The Morgan fingerprint density at radius 2 is 2.24 bits per heavy atom. The largest absolute Gasteiger partial charge is 0.460 e. The highest BCUT2D eigenvalue weighted by molar-refractivity contribution is 7.13. The van der Waals surface area contributed by atoms with Gasteiger partial charge in [0.25, 0.3) is 0 Å². The fourth-order valence-electron chi connectivity index (χ4n) is 5.37. The van der Waals surface area contributed by atoms with E-state index in [-0.39, 0.29) is 23.5 Å². The van der Waals surface area contributed by atoms with Gasteiger partial charge in [-0.2, -0.15) is 0 Å². The SMILES string of the molecule is CC(=O)NC[C@H]1[C@H]2CN(C(=O)CCc3ccc(-c4cccs4)o3)C[C@]23CC[C@H]1O3. The van der Waals surface area contributed by atoms with Crippen LogP contribution >= 0.6 is 11.3 Å². The second-order valence-corrected chi connectivity index (χ2v) is 9.43. The van der Waals surface area contributed by atoms with Crippen LogP contribution in [0.4, 0.5) is 0 Å². The van der Waals surface area contributed by atoms with Gasteiger partial charge in [-0.3, -0.25) is 9.59 Å². The number of thiophene rings is 1. The molecule has 1 N–H and O–H groups in total. The minimum absolute atomic E-state index is 0.00637. The third-order valence-electron chi connectivity index (χ3n) is 6.73. The molecule has 5 heterocycles. The molecule has 0 aliphatic carbocycles. The van der Waals surface area contributed by atoms with Gasteiger partial charge in [-0.1, -0.05) is 6.07 Å². The van der Waals surface area contributed by atoms with Crippen molar-refractivity contribution in [2.75, 3.05) is 19.6 Å². The van der Waals surface area contributed by atoms with Crippen LogP contribution in [0, 0.1) is 11.8 Å². The Bertz CT molecular complexity index is 908. The molecule has 154 valence electrons. The Labute approximate surface area is 174 Å². The molecule has 0 saturated carbocycles. The molecule has 2 aromatic heterocycles. The number of nitrogens with zero attached hydrogens (tertiary/aromatic N) is 1. The van der Waals surface area contributed by atoms with Gasteiger partial charge in [0.05, 0.1) is 23.1 Å². The van der Waals surface area contributed by atoms with Crippen LogP contribution in [0.1, 0.15) is 31.9 Å². The van der Waals surface area contributed by atoms with Gasteiger partial charge in [0.1, 0.15) is 11.5 Å². The van der Waals surface area contributed by atoms with Crippen LogP contribution in [-0.2, 0) is 20.7 Å². The van der Waals surface area contributed by atoms with Crippen molar-refractivity contribution in [3.63, 3.8) is 0 Å². The molecule has 3 aliphatic heterocycles. The highest BCUT2D eigenvalue weighted by Crippen LogP contribution is 2.54. The topological polar surface area (TPSA) is 71.8 Å². The van der Waals surface area contributed by atoms with E-state index in [1.165, 1.54) is 0 Å². The Balaban J connectivity index is 1.19. The molecule has 4 atom stereocenters. The predicted octanol–water partition coefficient (Wildman–Crippen LogP) is 3.08. The molecule has 3 fully saturated rings. The van der Waals surface area contributed by atoms with E-state index in [4.69, 9.17) is 9.15 Å². The van der Waals surface area contributed by atoms with E-state index in [0.717, 1.165) is 35.8 Å². The molecule has 0 radical (unpaired) electrons. The first kappa shape index (κ1) is 18.9. The second-order valence-electron chi connectivity index (χ2n) is 8.48. The molecule has 0 aromatic carbocycles. The van der Waals surface area contributed by atoms with Gasteiger partial charge in [-0.05, 0) is 36.4 Å². The number of rotatable bonds is 6. The van der Waals surface area contributed by atoms with Crippen molar-refractivity contribution in [2.45, 2.75) is 44.3 Å². The quantitative estimate of drug-likeness (QED) is 0.789. The summed E-state index contributed by atoms with van der Waals surface area (Å²) in [5, 5.41) is 4.98. The molecule has 2 aromatic rings. The summed E-state index contributed by atoms with van der Waals surface area (Å²) in [4.78, 5) is 27.3. The number of amides is 2. The van der Waals surface area contributed by atoms with E-state index in [1.54, 1.807) is 18.3 Å². The zero-order valence-electron chi connectivity index (χ0n) is 16.6. The van der Waals surface area contributed by atoms with Gasteiger partial charge in [0, 0.05) is 44.7 Å². The van der Waals surface area contributed by atoms with Crippen LogP contribution in [0.2, 0.25) is 0 Å². The summed E-state index contributed by atoms with van der Waals surface area (Å²) in [5.41, 5.74) is -0.194. The second kappa shape index (κ2) is 7.29. The Morgan fingerprint density at radius 3 is 3.03 bits per heavy atom. The maximum atomic E-state index is 12.9. The van der Waals surface area contributed by atoms with Crippen molar-refractivity contribution in [1.29, 1.82) is 0 Å². The minimum atomic E-state index is -0.194. The van der Waals surface area contributed by atoms with Crippen molar-refractivity contribution in [2.24, 2.45) is 11.8 Å². The maximum absolute atomic E-state index is 12.9. The number of carbonyl (C=O) groups excluding carboxylic acids is 2. The van der Waals surface area contributed by atoms with Crippen LogP contribution in [0.3, 0.4) is 0 Å². The van der Waals surface area contributed by atoms with E-state index in [2.05, 4.69) is 5.32 Å². The van der Waals surface area contributed by atoms with Crippen molar-refractivity contribution < 1.29 is 18.7 Å². The Kier molecular flexibility index (Phi) is 4.75. The van der Waals surface area contributed by atoms with Gasteiger partial charge < -0.3 is 19.4 Å². The zero-order valence-corrected chi connectivity index (χ0v) is 17.4. The number of aryl methyl sites for hydroxylation is 1. The van der Waals surface area contributed by atoms with Crippen molar-refractivity contribution in [3.8, 4) is 10.6 Å². The molecular weight excluding hydrogens is 388 g/mol. The first-order chi connectivity index (χ1) is 14.0. The fourth-order valence-corrected chi connectivity index (χ4v) is 6.05. The molecule has 5 rings (SSSR count). The summed E-state index contributed by atoms with van der Waals surface area (Å²) in [6, 6.07) is 7.98. The van der Waals surface area contributed by atoms with Crippen LogP contribution in [0.15, 0.2) is 34.1 Å². The monoisotopic (exact) mass is 414 g/mol. The van der Waals surface area contributed by atoms with E-state index in [1.807, 2.05) is 34.5 Å². The lowest BCUT2D eigenvalue weighted by atomic mass is 9.73. The molecule has 0 unspecified atom stereocenters. The number of fused-ring (bicyclic) bond motifs is 1. The van der Waals surface area contributed by atoms with Crippen LogP contribution in [-0.4, -0.2) is 48.1 Å². The molecule has 29 heavy (non-hydrogen) atoms. The highest BCUT2D eigenvalue weighted by Gasteiger charge is 2.63. The average Bonchev–Trinajstić information content (AvgIpc) is 3.50. The lowest BCUT2D eigenvalue weighted by Gasteiger charge is -2.29. The van der Waals surface area contributed by atoms with Gasteiger partial charge in [-0.15, -0.1) is 11.3 Å². The van der Waals surface area contributed by atoms with E-state index >= 15 is 0 Å². The standard InChI is InChI=1S/C22H26N2O4S/c1-14(25)23-11-16-17-12-24(13-22(17)9-8-18(16)28-22)21(26)7-5-15-4-6-19(27-15)20-3-2-10-29-20/h2-4,6,10,16-18H,5,7-9,11-13H2,1H3,(H,23,25)/t16-,17+,18+,22+/m0/s1. The average molecular weight is 415 g/mol. The fraction of sp³-hybridized carbons (Fsp3) is 0.545. The third-order valence-corrected chi connectivity index (χ3v) is 7.62. The van der Waals surface area contributed by atoms with E-state index in [9.17, 15) is 9.59 Å². The van der Waals surface area contributed by atoms with E-state index in [0.29, 0.717) is 37.8 Å². The molecule has 6 nitrogen and oxygen atoms in total. The normalized spacial score (nSPS) is 30.0. The molecular formula is C22H26N2O4S. The molecule has 7 heteroatoms. The molecule has 2 bridgehead atoms. The smallest absolute Gasteiger partial charge is 0.223 e. The van der Waals surface area contributed by atoms with Gasteiger partial charge in [0.15, 0.2) is 0 Å². The van der Waals surface area contributed by atoms with Crippen molar-refractivity contribution in [1.82, 2.24) is 10.2 Å². The lowest BCUT2D eigenvalue weighted by molar-refractivity contribution is -0.131. The predicted molar refractivity (Wildman–Crippen MR) is 109 cm³/mol. The number of furan rings is 1. The minimum Gasteiger partial charge on any atom is -0.460 e. The van der Waals surface area contributed by atoms with Crippen molar-refractivity contribution in [3.05, 3.63) is 35.4 Å². The van der Waals surface area contributed by atoms with Crippen LogP contribution < -0.4 is 5.32 Å². The van der Waals surface area contributed by atoms with Crippen molar-refractivity contribution >= 4 is 23.2 Å². The Morgan fingerprint density at radius 1 is 1.34 bits per heavy atom. The van der Waals surface area contributed by atoms with Crippen LogP contribution in [0.5, 0.6) is 0 Å². The van der Waals surface area contributed by atoms with E-state index < -0.39 is 0 Å². The Hall–Kier alpha value is -2.12. The summed E-state index contributed by atoms with van der Waals surface area (Å²) < 4.78 is 12.3. The molecule has 1 spiro atoms. The number of hydrogen-bond donors (Lipinski definition) is 1. The lowest BCUT2D eigenvalue weighted by Crippen LogP contribution is -2.41. The van der Waals surface area contributed by atoms with Gasteiger partial charge in [0.2, 0.25) is 11.8 Å². The number of ether oxygens (including phenoxy) is 1. The first-order valence-corrected chi connectivity index (χ1v) is 11.2. The summed E-state index contributed by atoms with van der Waals surface area (Å²) in [6.07, 6.45) is 3.32. The van der Waals surface area contributed by atoms with Crippen LogP contribution in [0.25, 0.3) is 10.6 Å². The number of likely N-dealkylation sites (tertiary alicyclic amines) is 1. The molecule has 3 aliphatic rings. The third kappa shape index (κ3) is 3.40. The maximum Gasteiger partial charge on any atom is 0.223 e. The summed E-state index contributed by atoms with van der Waals surface area (Å²) >= 11 is 1.65. The number of nitrogens with one attached hydrogen (secondary N) is 1. The van der Waals surface area contributed by atoms with Gasteiger partial charge >= 0.3 is 0 Å². The summed E-state index contributed by atoms with van der Waals surface area (Å²) in [6.45, 7) is 3.61. The van der Waals surface area contributed by atoms with Gasteiger partial charge in [-0.25, -0.2) is 0 Å². The summed E-state index contributed by atoms with van der Waals surface area (Å²) in [7, 11) is 0. The highest BCUT2D eigenvalue weighted by atomic mass is 32.1. The first-order valence-electron chi connectivity index (χ1n) is 10.4. The summed E-state index contributed by atoms with van der Waals surface area (Å²) in [5.74, 6) is 2.50. The zero-order chi connectivity index (χ0) is 20.0. The molecule has 3 saturated heterocycles.